The summed E-state index contributed by atoms with van der Waals surface area (Å²) >= 11 is 1.98. The van der Waals surface area contributed by atoms with E-state index in [4.69, 9.17) is 4.84 Å². The van der Waals surface area contributed by atoms with Gasteiger partial charge in [0.2, 0.25) is 0 Å². The molecule has 0 aromatic heterocycles. The number of thioether (sulfide) groups is 1. The first kappa shape index (κ1) is 20.5. The molecule has 0 spiro atoms. The fraction of sp³-hybridized carbons (Fsp3) is 0.409. The van der Waals surface area contributed by atoms with Crippen molar-refractivity contribution in [1.82, 2.24) is 4.90 Å². The lowest BCUT2D eigenvalue weighted by Gasteiger charge is -2.17. The molecule has 0 saturated carbocycles. The Hall–Kier alpha value is -1.78. The third kappa shape index (κ3) is 8.07. The SMILES string of the molecule is CC(=NOCc1ccccc1)C(Cc1ccccc1)SCCCN(C)C. The van der Waals surface area contributed by atoms with Gasteiger partial charge in [0.15, 0.2) is 0 Å². The Morgan fingerprint density at radius 3 is 2.23 bits per heavy atom. The molecule has 0 saturated heterocycles. The molecule has 4 heteroatoms. The summed E-state index contributed by atoms with van der Waals surface area (Å²) in [6, 6.07) is 20.8. The Kier molecular flexibility index (Phi) is 9.29. The molecule has 0 heterocycles. The van der Waals surface area contributed by atoms with Gasteiger partial charge in [-0.2, -0.15) is 11.8 Å². The monoisotopic (exact) mass is 370 g/mol. The Morgan fingerprint density at radius 1 is 1.00 bits per heavy atom. The Bertz CT molecular complexity index is 644. The second-order valence-electron chi connectivity index (χ2n) is 6.70. The van der Waals surface area contributed by atoms with Gasteiger partial charge in [-0.15, -0.1) is 0 Å². The molecular weight excluding hydrogens is 340 g/mol. The molecule has 0 aliphatic rings. The van der Waals surface area contributed by atoms with Crippen LogP contribution in [0.25, 0.3) is 0 Å². The molecular formula is C22H30N2OS. The van der Waals surface area contributed by atoms with Gasteiger partial charge < -0.3 is 9.74 Å². The molecule has 26 heavy (non-hydrogen) atoms. The Morgan fingerprint density at radius 2 is 1.62 bits per heavy atom. The first-order valence-corrected chi connectivity index (χ1v) is 10.2. The summed E-state index contributed by atoms with van der Waals surface area (Å²) in [5.74, 6) is 1.13. The highest BCUT2D eigenvalue weighted by Gasteiger charge is 2.14. The summed E-state index contributed by atoms with van der Waals surface area (Å²) in [6.45, 7) is 3.71. The topological polar surface area (TPSA) is 24.8 Å². The predicted octanol–water partition coefficient (Wildman–Crippen LogP) is 4.88. The zero-order valence-electron chi connectivity index (χ0n) is 16.1. The molecule has 3 nitrogen and oxygen atoms in total. The molecule has 0 radical (unpaired) electrons. The van der Waals surface area contributed by atoms with Gasteiger partial charge in [0.25, 0.3) is 0 Å². The van der Waals surface area contributed by atoms with Crippen molar-refractivity contribution in [3.63, 3.8) is 0 Å². The van der Waals surface area contributed by atoms with E-state index in [9.17, 15) is 0 Å². The highest BCUT2D eigenvalue weighted by molar-refractivity contribution is 8.00. The minimum atomic E-state index is 0.343. The van der Waals surface area contributed by atoms with Gasteiger partial charge in [-0.25, -0.2) is 0 Å². The van der Waals surface area contributed by atoms with E-state index >= 15 is 0 Å². The van der Waals surface area contributed by atoms with Crippen LogP contribution in [0, 0.1) is 0 Å². The van der Waals surface area contributed by atoms with Crippen LogP contribution >= 0.6 is 11.8 Å². The minimum Gasteiger partial charge on any atom is -0.391 e. The van der Waals surface area contributed by atoms with Crippen molar-refractivity contribution in [3.05, 3.63) is 71.8 Å². The maximum Gasteiger partial charge on any atom is 0.142 e. The normalized spacial score (nSPS) is 13.0. The summed E-state index contributed by atoms with van der Waals surface area (Å²) in [5.41, 5.74) is 3.54. The van der Waals surface area contributed by atoms with E-state index in [1.54, 1.807) is 0 Å². The molecule has 1 unspecified atom stereocenters. The molecule has 1 atom stereocenters. The van der Waals surface area contributed by atoms with E-state index in [1.807, 2.05) is 30.0 Å². The lowest BCUT2D eigenvalue weighted by molar-refractivity contribution is 0.130. The fourth-order valence-electron chi connectivity index (χ4n) is 2.60. The number of hydrogen-bond acceptors (Lipinski definition) is 4. The molecule has 2 aromatic carbocycles. The van der Waals surface area contributed by atoms with Gasteiger partial charge in [-0.05, 0) is 57.3 Å². The molecule has 140 valence electrons. The first-order chi connectivity index (χ1) is 12.6. The second kappa shape index (κ2) is 11.8. The molecule has 2 aromatic rings. The van der Waals surface area contributed by atoms with E-state index in [-0.39, 0.29) is 0 Å². The quantitative estimate of drug-likeness (QED) is 0.320. The van der Waals surface area contributed by atoms with E-state index in [0.29, 0.717) is 11.9 Å². The number of rotatable bonds is 11. The molecule has 0 aliphatic heterocycles. The number of benzene rings is 2. The number of oxime groups is 1. The van der Waals surface area contributed by atoms with Crippen LogP contribution in [0.15, 0.2) is 65.8 Å². The van der Waals surface area contributed by atoms with Crippen LogP contribution in [0.1, 0.15) is 24.5 Å². The maximum absolute atomic E-state index is 5.61. The lowest BCUT2D eigenvalue weighted by atomic mass is 10.1. The molecule has 0 N–H and O–H groups in total. The molecule has 0 fully saturated rings. The van der Waals surface area contributed by atoms with Crippen LogP contribution in [-0.4, -0.2) is 42.3 Å². The van der Waals surface area contributed by atoms with Gasteiger partial charge in [0.05, 0.1) is 11.0 Å². The largest absolute Gasteiger partial charge is 0.391 e. The van der Waals surface area contributed by atoms with Crippen LogP contribution in [0.4, 0.5) is 0 Å². The molecule has 0 bridgehead atoms. The average Bonchev–Trinajstić information content (AvgIpc) is 2.65. The van der Waals surface area contributed by atoms with Crippen molar-refractivity contribution in [1.29, 1.82) is 0 Å². The van der Waals surface area contributed by atoms with Gasteiger partial charge >= 0.3 is 0 Å². The zero-order valence-corrected chi connectivity index (χ0v) is 16.9. The smallest absolute Gasteiger partial charge is 0.142 e. The van der Waals surface area contributed by atoms with Gasteiger partial charge in [-0.1, -0.05) is 65.8 Å². The molecule has 0 aliphatic carbocycles. The maximum atomic E-state index is 5.61. The summed E-state index contributed by atoms with van der Waals surface area (Å²) < 4.78 is 0. The van der Waals surface area contributed by atoms with Crippen molar-refractivity contribution in [2.75, 3.05) is 26.4 Å². The standard InChI is InChI=1S/C22H30N2OS/c1-19(23-25-18-21-13-8-5-9-14-21)22(26-16-10-15-24(2)3)17-20-11-6-4-7-12-20/h4-9,11-14,22H,10,15-18H2,1-3H3. The third-order valence-electron chi connectivity index (χ3n) is 4.08. The summed E-state index contributed by atoms with van der Waals surface area (Å²) in [7, 11) is 4.24. The van der Waals surface area contributed by atoms with Gasteiger partial charge in [-0.3, -0.25) is 0 Å². The fourth-order valence-corrected chi connectivity index (χ4v) is 3.78. The van der Waals surface area contributed by atoms with Crippen LogP contribution in [0.3, 0.4) is 0 Å². The van der Waals surface area contributed by atoms with Crippen LogP contribution in [0.5, 0.6) is 0 Å². The van der Waals surface area contributed by atoms with E-state index in [2.05, 4.69) is 73.5 Å². The Balaban J connectivity index is 1.92. The van der Waals surface area contributed by atoms with Crippen LogP contribution in [-0.2, 0) is 17.9 Å². The Labute approximate surface area is 162 Å². The summed E-state index contributed by atoms with van der Waals surface area (Å²) in [6.07, 6.45) is 2.17. The summed E-state index contributed by atoms with van der Waals surface area (Å²) in [5, 5.41) is 4.76. The highest BCUT2D eigenvalue weighted by Crippen LogP contribution is 2.20. The van der Waals surface area contributed by atoms with Crippen molar-refractivity contribution in [2.24, 2.45) is 5.16 Å². The molecule has 2 rings (SSSR count). The van der Waals surface area contributed by atoms with Gasteiger partial charge in [0.1, 0.15) is 6.61 Å². The van der Waals surface area contributed by atoms with E-state index in [0.717, 1.165) is 30.0 Å². The van der Waals surface area contributed by atoms with Crippen molar-refractivity contribution in [2.45, 2.75) is 31.6 Å². The number of hydrogen-bond donors (Lipinski definition) is 0. The number of nitrogens with zero attached hydrogens (tertiary/aromatic N) is 2. The average molecular weight is 371 g/mol. The van der Waals surface area contributed by atoms with Crippen molar-refractivity contribution in [3.8, 4) is 0 Å². The van der Waals surface area contributed by atoms with Crippen LogP contribution < -0.4 is 0 Å². The lowest BCUT2D eigenvalue weighted by Crippen LogP contribution is -2.20. The predicted molar refractivity (Wildman–Crippen MR) is 114 cm³/mol. The van der Waals surface area contributed by atoms with Gasteiger partial charge in [0, 0.05) is 0 Å². The van der Waals surface area contributed by atoms with Crippen molar-refractivity contribution >= 4 is 17.5 Å². The first-order valence-electron chi connectivity index (χ1n) is 9.16. The highest BCUT2D eigenvalue weighted by atomic mass is 32.2. The van der Waals surface area contributed by atoms with Crippen molar-refractivity contribution < 1.29 is 4.84 Å². The van der Waals surface area contributed by atoms with E-state index in [1.165, 1.54) is 12.0 Å². The van der Waals surface area contributed by atoms with E-state index < -0.39 is 0 Å². The third-order valence-corrected chi connectivity index (χ3v) is 5.52. The second-order valence-corrected chi connectivity index (χ2v) is 8.01. The van der Waals surface area contributed by atoms with Crippen LogP contribution in [0.2, 0.25) is 0 Å². The molecule has 0 amide bonds. The summed E-state index contributed by atoms with van der Waals surface area (Å²) in [4.78, 5) is 7.84. The minimum absolute atomic E-state index is 0.343. The zero-order chi connectivity index (χ0) is 18.6.